The predicted molar refractivity (Wildman–Crippen MR) is 161 cm³/mol. The number of nitrogens with zero attached hydrogens (tertiary/aromatic N) is 5. The molecule has 3 N–H and O–H groups in total. The lowest BCUT2D eigenvalue weighted by atomic mass is 9.78. The Labute approximate surface area is 248 Å². The van der Waals surface area contributed by atoms with E-state index in [-0.39, 0.29) is 24.0 Å². The number of rotatable bonds is 9. The molecule has 9 nitrogen and oxygen atoms in total. The molecule has 1 aliphatic heterocycles. The number of aliphatic hydroxyl groups is 1. The highest BCUT2D eigenvalue weighted by atomic mass is 35.5. The molecular formula is C29H35ClFN7O2S. The summed E-state index contributed by atoms with van der Waals surface area (Å²) in [6, 6.07) is 9.96. The Morgan fingerprint density at radius 2 is 1.90 bits per heavy atom. The van der Waals surface area contributed by atoms with E-state index >= 15 is 0 Å². The number of pyridine rings is 1. The van der Waals surface area contributed by atoms with Gasteiger partial charge in [-0.3, -0.25) is 9.69 Å². The van der Waals surface area contributed by atoms with Gasteiger partial charge in [-0.2, -0.15) is 0 Å². The normalized spacial score (nSPS) is 20.0. The number of likely N-dealkylation sites (N-methyl/N-ethyl adjacent to an activating group) is 1. The van der Waals surface area contributed by atoms with Crippen molar-refractivity contribution < 1.29 is 14.3 Å². The third kappa shape index (κ3) is 7.34. The first-order chi connectivity index (χ1) is 19.6. The van der Waals surface area contributed by atoms with Crippen molar-refractivity contribution in [3.8, 4) is 11.3 Å². The van der Waals surface area contributed by atoms with Crippen LogP contribution in [0.5, 0.6) is 0 Å². The maximum absolute atomic E-state index is 14.6. The Balaban J connectivity index is 1.30. The number of amides is 1. The molecule has 0 bridgehead atoms. The molecule has 2 aliphatic rings. The van der Waals surface area contributed by atoms with Gasteiger partial charge in [0.1, 0.15) is 16.7 Å². The lowest BCUT2D eigenvalue weighted by Crippen LogP contribution is -2.54. The molecule has 1 saturated heterocycles. The number of carbonyl (C=O) groups is 1. The van der Waals surface area contributed by atoms with Crippen LogP contribution in [0.25, 0.3) is 11.3 Å². The van der Waals surface area contributed by atoms with Crippen LogP contribution >= 0.6 is 23.4 Å². The number of hydrogen-bond acceptors (Lipinski definition) is 9. The maximum atomic E-state index is 14.6. The number of carbonyl (C=O) groups excluding carboxylic acids is 1. The fourth-order valence-electron chi connectivity index (χ4n) is 4.91. The second kappa shape index (κ2) is 12.6. The summed E-state index contributed by atoms with van der Waals surface area (Å²) >= 11 is 7.46. The molecule has 3 aromatic rings. The van der Waals surface area contributed by atoms with Gasteiger partial charge in [0.05, 0.1) is 18.0 Å². The third-order valence-electron chi connectivity index (χ3n) is 7.55. The van der Waals surface area contributed by atoms with Crippen molar-refractivity contribution in [1.82, 2.24) is 25.0 Å². The zero-order valence-corrected chi connectivity index (χ0v) is 25.0. The number of hydrogen-bond donors (Lipinski definition) is 3. The van der Waals surface area contributed by atoms with E-state index in [2.05, 4.69) is 42.7 Å². The van der Waals surface area contributed by atoms with Crippen LogP contribution < -0.4 is 10.6 Å². The van der Waals surface area contributed by atoms with Gasteiger partial charge in [0.25, 0.3) is 0 Å². The fraction of sp³-hybridized carbons (Fsp3) is 0.448. The number of piperazine rings is 1. The molecule has 5 rings (SSSR count). The molecule has 1 saturated carbocycles. The van der Waals surface area contributed by atoms with E-state index in [9.17, 15) is 14.3 Å². The molecule has 218 valence electrons. The van der Waals surface area contributed by atoms with Gasteiger partial charge < -0.3 is 20.6 Å². The fourth-order valence-corrected chi connectivity index (χ4v) is 5.97. The number of benzene rings is 1. The molecule has 0 unspecified atom stereocenters. The molecule has 12 heteroatoms. The van der Waals surface area contributed by atoms with E-state index in [4.69, 9.17) is 11.6 Å². The zero-order valence-electron chi connectivity index (χ0n) is 23.4. The minimum atomic E-state index is -0.532. The van der Waals surface area contributed by atoms with Crippen molar-refractivity contribution in [2.45, 2.75) is 42.5 Å². The van der Waals surface area contributed by atoms with E-state index in [0.29, 0.717) is 39.0 Å². The van der Waals surface area contributed by atoms with Crippen molar-refractivity contribution in [3.05, 3.63) is 53.4 Å². The van der Waals surface area contributed by atoms with E-state index in [1.807, 2.05) is 13.8 Å². The van der Waals surface area contributed by atoms with Gasteiger partial charge in [0, 0.05) is 71.4 Å². The van der Waals surface area contributed by atoms with Crippen molar-refractivity contribution in [3.63, 3.8) is 0 Å². The highest BCUT2D eigenvalue weighted by molar-refractivity contribution is 8.00. The van der Waals surface area contributed by atoms with Crippen molar-refractivity contribution >= 4 is 46.5 Å². The van der Waals surface area contributed by atoms with Gasteiger partial charge in [-0.25, -0.2) is 9.37 Å². The van der Waals surface area contributed by atoms with Gasteiger partial charge in [-0.1, -0.05) is 23.4 Å². The molecular weight excluding hydrogens is 565 g/mol. The Bertz CT molecular complexity index is 1400. The summed E-state index contributed by atoms with van der Waals surface area (Å²) in [5.41, 5.74) is 1.76. The molecule has 1 amide bonds. The monoisotopic (exact) mass is 599 g/mol. The number of thioether (sulfide) groups is 1. The quantitative estimate of drug-likeness (QED) is 0.296. The second-order valence-corrected chi connectivity index (χ2v) is 13.4. The lowest BCUT2D eigenvalue weighted by molar-refractivity contribution is -0.124. The number of nitrogens with one attached hydrogen (secondary N) is 2. The van der Waals surface area contributed by atoms with Gasteiger partial charge in [-0.05, 0) is 64.1 Å². The van der Waals surface area contributed by atoms with Crippen LogP contribution in [0.15, 0.2) is 47.6 Å². The summed E-state index contributed by atoms with van der Waals surface area (Å²) < 4.78 is 14.1. The van der Waals surface area contributed by atoms with Crippen LogP contribution in [0.1, 0.15) is 26.7 Å². The predicted octanol–water partition coefficient (Wildman–Crippen LogP) is 4.90. The first-order valence-corrected chi connectivity index (χ1v) is 14.9. The highest BCUT2D eigenvalue weighted by Gasteiger charge is 2.38. The molecule has 2 aromatic heterocycles. The van der Waals surface area contributed by atoms with E-state index in [1.54, 1.807) is 24.4 Å². The van der Waals surface area contributed by atoms with Crippen LogP contribution in [-0.2, 0) is 4.79 Å². The summed E-state index contributed by atoms with van der Waals surface area (Å²) in [5.74, 6) is -0.0758. The topological polar surface area (TPSA) is 107 Å². The molecule has 0 atom stereocenters. The van der Waals surface area contributed by atoms with Crippen molar-refractivity contribution in [1.29, 1.82) is 0 Å². The smallest absolute Gasteiger partial charge is 0.228 e. The minimum Gasteiger partial charge on any atom is -0.395 e. The molecule has 0 spiro atoms. The van der Waals surface area contributed by atoms with Crippen LogP contribution in [0.4, 0.5) is 21.6 Å². The van der Waals surface area contributed by atoms with Gasteiger partial charge in [0.15, 0.2) is 0 Å². The second-order valence-electron chi connectivity index (χ2n) is 11.3. The van der Waals surface area contributed by atoms with Crippen molar-refractivity contribution in [2.24, 2.45) is 5.92 Å². The van der Waals surface area contributed by atoms with E-state index in [0.717, 1.165) is 39.0 Å². The van der Waals surface area contributed by atoms with Crippen LogP contribution in [0, 0.1) is 11.7 Å². The first kappa shape index (κ1) is 29.7. The molecule has 41 heavy (non-hydrogen) atoms. The van der Waals surface area contributed by atoms with Gasteiger partial charge in [-0.15, -0.1) is 10.2 Å². The standard InChI is InChI=1S/C29H35ClFN7O2S/c1-29(2,17-39)41-28-25(16-24(35-36-28)22-14-19(30)4-5-23(22)31)33-20-6-7-32-26(15-20)34-27(40)18-12-21(13-18)38-10-8-37(3)9-11-38/h4-7,14-16,18,21,39H,8-13,17H2,1-3H3,(H2,32,33,34,35,40). The number of anilines is 3. The minimum absolute atomic E-state index is 0.0229. The summed E-state index contributed by atoms with van der Waals surface area (Å²) in [6.07, 6.45) is 3.34. The molecule has 1 aliphatic carbocycles. The van der Waals surface area contributed by atoms with Crippen molar-refractivity contribution in [2.75, 3.05) is 50.5 Å². The molecule has 0 radical (unpaired) electrons. The zero-order chi connectivity index (χ0) is 29.1. The van der Waals surface area contributed by atoms with Crippen LogP contribution in [0.2, 0.25) is 5.02 Å². The Kier molecular flexibility index (Phi) is 9.10. The van der Waals surface area contributed by atoms with Gasteiger partial charge >= 0.3 is 0 Å². The summed E-state index contributed by atoms with van der Waals surface area (Å²) in [7, 11) is 2.14. The first-order valence-electron chi connectivity index (χ1n) is 13.7. The Morgan fingerprint density at radius 3 is 2.63 bits per heavy atom. The average Bonchev–Trinajstić information content (AvgIpc) is 2.91. The van der Waals surface area contributed by atoms with Crippen LogP contribution in [-0.4, -0.2) is 86.6 Å². The SMILES string of the molecule is CN1CCN(C2CC(C(=O)Nc3cc(Nc4cc(-c5cc(Cl)ccc5F)nnc4SC(C)(C)CO)ccn3)C2)CC1. The summed E-state index contributed by atoms with van der Waals surface area (Å²) in [4.78, 5) is 22.1. The van der Waals surface area contributed by atoms with Crippen LogP contribution in [0.3, 0.4) is 0 Å². The van der Waals surface area contributed by atoms with E-state index < -0.39 is 10.6 Å². The number of aromatic nitrogens is 3. The number of aliphatic hydroxyl groups excluding tert-OH is 1. The number of halogens is 2. The largest absolute Gasteiger partial charge is 0.395 e. The third-order valence-corrected chi connectivity index (χ3v) is 8.96. The average molecular weight is 600 g/mol. The Morgan fingerprint density at radius 1 is 1.15 bits per heavy atom. The van der Waals surface area contributed by atoms with Gasteiger partial charge in [0.2, 0.25) is 5.91 Å². The molecule has 2 fully saturated rings. The Hall–Kier alpha value is -2.83. The molecule has 1 aromatic carbocycles. The summed E-state index contributed by atoms with van der Waals surface area (Å²) in [5, 5.41) is 25.6. The lowest BCUT2D eigenvalue weighted by Gasteiger charge is -2.45. The molecule has 3 heterocycles. The highest BCUT2D eigenvalue weighted by Crippen LogP contribution is 2.38. The summed E-state index contributed by atoms with van der Waals surface area (Å²) in [6.45, 7) is 7.94. The maximum Gasteiger partial charge on any atom is 0.228 e. The van der Waals surface area contributed by atoms with E-state index in [1.165, 1.54) is 30.0 Å².